The predicted octanol–water partition coefficient (Wildman–Crippen LogP) is 2.30. The van der Waals surface area contributed by atoms with Gasteiger partial charge in [0.05, 0.1) is 6.54 Å². The molecule has 2 heterocycles. The topological polar surface area (TPSA) is 58.3 Å². The zero-order valence-corrected chi connectivity index (χ0v) is 16.6. The van der Waals surface area contributed by atoms with E-state index in [1.54, 1.807) is 6.33 Å². The Bertz CT molecular complexity index is 522. The summed E-state index contributed by atoms with van der Waals surface area (Å²) in [5, 5.41) is 11.6. The number of hydrogen-bond donors (Lipinski definition) is 1. The number of halogens is 1. The maximum Gasteiger partial charge on any atom is 0.193 e. The molecule has 1 aliphatic heterocycles. The lowest BCUT2D eigenvalue weighted by atomic mass is 9.68. The number of hydrogen-bond acceptors (Lipinski definition) is 3. The highest BCUT2D eigenvalue weighted by atomic mass is 127. The molecule has 130 valence electrons. The van der Waals surface area contributed by atoms with Gasteiger partial charge in [0.15, 0.2) is 5.96 Å². The van der Waals surface area contributed by atoms with Crippen molar-refractivity contribution in [2.45, 2.75) is 52.5 Å². The van der Waals surface area contributed by atoms with Crippen LogP contribution in [0.25, 0.3) is 0 Å². The third-order valence-corrected chi connectivity index (χ3v) is 5.10. The Balaban J connectivity index is 0.00000192. The van der Waals surface area contributed by atoms with E-state index in [1.165, 1.54) is 32.2 Å². The molecular formula is C16H29IN6. The molecule has 1 spiro atoms. The predicted molar refractivity (Wildman–Crippen MR) is 103 cm³/mol. The quantitative estimate of drug-likeness (QED) is 0.441. The molecule has 1 N–H and O–H groups in total. The molecule has 1 aromatic rings. The lowest BCUT2D eigenvalue weighted by molar-refractivity contribution is 0.151. The average molecular weight is 432 g/mol. The third kappa shape index (κ3) is 4.16. The van der Waals surface area contributed by atoms with Crippen LogP contribution in [-0.4, -0.2) is 51.8 Å². The van der Waals surface area contributed by atoms with Crippen molar-refractivity contribution < 1.29 is 0 Å². The molecule has 1 aliphatic carbocycles. The summed E-state index contributed by atoms with van der Waals surface area (Å²) >= 11 is 0. The standard InChI is InChI=1S/C16H28N6.HI/c1-3-14-20-19-13-22(14)11-9-18-15(17-4-2)21-10-8-16(12-21)6-5-7-16;/h13H,3-12H2,1-2H3,(H,17,18);1H. The Morgan fingerprint density at radius 1 is 1.35 bits per heavy atom. The highest BCUT2D eigenvalue weighted by Gasteiger charge is 2.43. The van der Waals surface area contributed by atoms with Crippen molar-refractivity contribution in [3.05, 3.63) is 12.2 Å². The first-order valence-corrected chi connectivity index (χ1v) is 8.66. The molecule has 6 nitrogen and oxygen atoms in total. The fraction of sp³-hybridized carbons (Fsp3) is 0.812. The van der Waals surface area contributed by atoms with Gasteiger partial charge in [0.25, 0.3) is 0 Å². The largest absolute Gasteiger partial charge is 0.357 e. The number of aryl methyl sites for hydroxylation is 1. The Hall–Kier alpha value is -0.860. The first kappa shape index (κ1) is 18.5. The van der Waals surface area contributed by atoms with Gasteiger partial charge in [-0.15, -0.1) is 34.2 Å². The van der Waals surface area contributed by atoms with Gasteiger partial charge in [-0.2, -0.15) is 0 Å². The van der Waals surface area contributed by atoms with Crippen LogP contribution in [0, 0.1) is 5.41 Å². The van der Waals surface area contributed by atoms with Crippen molar-refractivity contribution in [2.75, 3.05) is 26.2 Å². The van der Waals surface area contributed by atoms with Crippen molar-refractivity contribution in [1.82, 2.24) is 25.0 Å². The van der Waals surface area contributed by atoms with E-state index >= 15 is 0 Å². The summed E-state index contributed by atoms with van der Waals surface area (Å²) < 4.78 is 2.10. The number of aromatic nitrogens is 3. The number of nitrogens with one attached hydrogen (secondary N) is 1. The van der Waals surface area contributed by atoms with Crippen LogP contribution in [0.5, 0.6) is 0 Å². The van der Waals surface area contributed by atoms with Crippen LogP contribution in [0.4, 0.5) is 0 Å². The van der Waals surface area contributed by atoms with Crippen LogP contribution in [0.15, 0.2) is 11.3 Å². The van der Waals surface area contributed by atoms with E-state index in [2.05, 4.69) is 38.8 Å². The molecule has 3 rings (SSSR count). The molecule has 7 heteroatoms. The molecule has 0 bridgehead atoms. The normalized spacial score (nSPS) is 19.6. The summed E-state index contributed by atoms with van der Waals surface area (Å²) in [6.45, 7) is 9.14. The Labute approximate surface area is 156 Å². The minimum Gasteiger partial charge on any atom is -0.357 e. The Morgan fingerprint density at radius 3 is 2.78 bits per heavy atom. The summed E-state index contributed by atoms with van der Waals surface area (Å²) in [6.07, 6.45) is 8.28. The van der Waals surface area contributed by atoms with E-state index < -0.39 is 0 Å². The fourth-order valence-corrected chi connectivity index (χ4v) is 3.63. The van der Waals surface area contributed by atoms with Crippen molar-refractivity contribution in [3.63, 3.8) is 0 Å². The third-order valence-electron chi connectivity index (χ3n) is 5.10. The number of aliphatic imine (C=N–C) groups is 1. The summed E-state index contributed by atoms with van der Waals surface area (Å²) in [4.78, 5) is 7.28. The minimum absolute atomic E-state index is 0. The average Bonchev–Trinajstić information content (AvgIpc) is 3.12. The zero-order valence-electron chi connectivity index (χ0n) is 14.3. The van der Waals surface area contributed by atoms with Crippen molar-refractivity contribution in [2.24, 2.45) is 10.4 Å². The van der Waals surface area contributed by atoms with Crippen LogP contribution < -0.4 is 5.32 Å². The van der Waals surface area contributed by atoms with Crippen LogP contribution in [0.2, 0.25) is 0 Å². The second-order valence-corrected chi connectivity index (χ2v) is 6.55. The fourth-order valence-electron chi connectivity index (χ4n) is 3.63. The van der Waals surface area contributed by atoms with Crippen LogP contribution >= 0.6 is 24.0 Å². The van der Waals surface area contributed by atoms with Gasteiger partial charge < -0.3 is 14.8 Å². The SMILES string of the molecule is CCNC(=NCCn1cnnc1CC)N1CCC2(CCC2)C1.I. The van der Waals surface area contributed by atoms with Crippen molar-refractivity contribution in [3.8, 4) is 0 Å². The molecule has 0 aromatic carbocycles. The molecule has 2 fully saturated rings. The minimum atomic E-state index is 0. The highest BCUT2D eigenvalue weighted by molar-refractivity contribution is 14.0. The van der Waals surface area contributed by atoms with Gasteiger partial charge in [0, 0.05) is 32.6 Å². The number of rotatable bonds is 5. The number of guanidine groups is 1. The van der Waals surface area contributed by atoms with Gasteiger partial charge in [0.2, 0.25) is 0 Å². The first-order valence-electron chi connectivity index (χ1n) is 8.66. The van der Waals surface area contributed by atoms with Crippen LogP contribution in [-0.2, 0) is 13.0 Å². The van der Waals surface area contributed by atoms with E-state index in [-0.39, 0.29) is 24.0 Å². The molecule has 23 heavy (non-hydrogen) atoms. The van der Waals surface area contributed by atoms with Gasteiger partial charge in [-0.25, -0.2) is 0 Å². The van der Waals surface area contributed by atoms with Crippen LogP contribution in [0.3, 0.4) is 0 Å². The molecule has 2 aliphatic rings. The number of nitrogens with zero attached hydrogens (tertiary/aromatic N) is 5. The molecule has 0 radical (unpaired) electrons. The van der Waals surface area contributed by atoms with Crippen molar-refractivity contribution >= 4 is 29.9 Å². The van der Waals surface area contributed by atoms with Gasteiger partial charge in [-0.1, -0.05) is 13.3 Å². The summed E-state index contributed by atoms with van der Waals surface area (Å²) in [7, 11) is 0. The van der Waals surface area contributed by atoms with Gasteiger partial charge >= 0.3 is 0 Å². The Kier molecular flexibility index (Phi) is 6.67. The summed E-state index contributed by atoms with van der Waals surface area (Å²) in [5.74, 6) is 2.12. The molecule has 0 atom stereocenters. The van der Waals surface area contributed by atoms with Gasteiger partial charge in [-0.3, -0.25) is 4.99 Å². The Morgan fingerprint density at radius 2 is 2.17 bits per heavy atom. The molecule has 0 unspecified atom stereocenters. The summed E-state index contributed by atoms with van der Waals surface area (Å²) in [5.41, 5.74) is 0.611. The van der Waals surface area contributed by atoms with E-state index in [0.717, 1.165) is 44.4 Å². The van der Waals surface area contributed by atoms with Gasteiger partial charge in [0.1, 0.15) is 12.2 Å². The van der Waals surface area contributed by atoms with E-state index in [4.69, 9.17) is 4.99 Å². The van der Waals surface area contributed by atoms with Crippen LogP contribution in [0.1, 0.15) is 45.4 Å². The number of likely N-dealkylation sites (tertiary alicyclic amines) is 1. The second kappa shape index (κ2) is 8.30. The molecular weight excluding hydrogens is 403 g/mol. The highest BCUT2D eigenvalue weighted by Crippen LogP contribution is 2.47. The lowest BCUT2D eigenvalue weighted by Crippen LogP contribution is -2.42. The summed E-state index contributed by atoms with van der Waals surface area (Å²) in [6, 6.07) is 0. The zero-order chi connectivity index (χ0) is 15.4. The van der Waals surface area contributed by atoms with E-state index in [9.17, 15) is 0 Å². The maximum atomic E-state index is 4.82. The van der Waals surface area contributed by atoms with E-state index in [0.29, 0.717) is 5.41 Å². The second-order valence-electron chi connectivity index (χ2n) is 6.55. The lowest BCUT2D eigenvalue weighted by Gasteiger charge is -2.38. The maximum absolute atomic E-state index is 4.82. The molecule has 0 amide bonds. The smallest absolute Gasteiger partial charge is 0.193 e. The first-order chi connectivity index (χ1) is 10.8. The van der Waals surface area contributed by atoms with E-state index in [1.807, 2.05) is 0 Å². The van der Waals surface area contributed by atoms with Crippen molar-refractivity contribution in [1.29, 1.82) is 0 Å². The molecule has 1 aromatic heterocycles. The molecule has 1 saturated carbocycles. The monoisotopic (exact) mass is 432 g/mol. The van der Waals surface area contributed by atoms with Gasteiger partial charge in [-0.05, 0) is 31.6 Å². The molecule has 1 saturated heterocycles.